The monoisotopic (exact) mass is 371 g/mol. The zero-order valence-electron chi connectivity index (χ0n) is 16.3. The van der Waals surface area contributed by atoms with E-state index in [9.17, 15) is 4.79 Å². The lowest BCUT2D eigenvalue weighted by atomic mass is 9.95. The number of aryl methyl sites for hydroxylation is 2. The maximum Gasteiger partial charge on any atom is 0.231 e. The van der Waals surface area contributed by atoms with Crippen LogP contribution in [0.2, 0.25) is 0 Å². The highest BCUT2D eigenvalue weighted by Gasteiger charge is 2.27. The number of piperidine rings is 1. The third-order valence-corrected chi connectivity index (χ3v) is 6.04. The molecule has 1 amide bonds. The molecule has 4 heterocycles. The number of nitrogens with zero attached hydrogens (tertiary/aromatic N) is 4. The summed E-state index contributed by atoms with van der Waals surface area (Å²) in [7, 11) is 0. The number of hydrogen-bond donors (Lipinski definition) is 1. The number of aromatic nitrogens is 2. The molecule has 146 valence electrons. The van der Waals surface area contributed by atoms with Crippen LogP contribution >= 0.6 is 0 Å². The van der Waals surface area contributed by atoms with Crippen molar-refractivity contribution in [3.63, 3.8) is 0 Å². The number of hydrogen-bond acceptors (Lipinski definition) is 6. The van der Waals surface area contributed by atoms with Crippen molar-refractivity contribution in [2.75, 3.05) is 44.2 Å². The Balaban J connectivity index is 1.33. The minimum absolute atomic E-state index is 0.101. The second-order valence-electron chi connectivity index (χ2n) is 7.76. The van der Waals surface area contributed by atoms with Gasteiger partial charge >= 0.3 is 0 Å². The fraction of sp³-hybridized carbons (Fsp3) is 0.650. The molecule has 0 saturated carbocycles. The summed E-state index contributed by atoms with van der Waals surface area (Å²) in [6.45, 7) is 9.76. The van der Waals surface area contributed by atoms with Crippen LogP contribution in [-0.4, -0.2) is 60.0 Å². The zero-order valence-corrected chi connectivity index (χ0v) is 16.3. The minimum atomic E-state index is 0.101. The largest absolute Gasteiger partial charge is 0.443 e. The molecule has 2 aromatic rings. The highest BCUT2D eigenvalue weighted by molar-refractivity contribution is 5.90. The molecule has 0 radical (unpaired) electrons. The van der Waals surface area contributed by atoms with Gasteiger partial charge in [0.05, 0.1) is 5.39 Å². The average Bonchev–Trinajstić information content (AvgIpc) is 3.30. The molecule has 0 spiro atoms. The molecule has 1 N–H and O–H groups in total. The normalized spacial score (nSPS) is 19.1. The Morgan fingerprint density at radius 1 is 1.19 bits per heavy atom. The van der Waals surface area contributed by atoms with Crippen molar-refractivity contribution in [2.45, 2.75) is 39.5 Å². The first kappa shape index (κ1) is 18.2. The molecule has 4 rings (SSSR count). The predicted octanol–water partition coefficient (Wildman–Crippen LogP) is 2.27. The first-order chi connectivity index (χ1) is 13.1. The van der Waals surface area contributed by atoms with Crippen molar-refractivity contribution in [3.8, 4) is 0 Å². The number of fused-ring (bicyclic) bond motifs is 1. The van der Waals surface area contributed by atoms with Crippen LogP contribution in [-0.2, 0) is 4.79 Å². The van der Waals surface area contributed by atoms with Gasteiger partial charge in [0.1, 0.15) is 17.9 Å². The topological polar surface area (TPSA) is 74.5 Å². The Bertz CT molecular complexity index is 804. The smallest absolute Gasteiger partial charge is 0.231 e. The number of amides is 1. The first-order valence-corrected chi connectivity index (χ1v) is 10.1. The van der Waals surface area contributed by atoms with E-state index in [-0.39, 0.29) is 11.8 Å². The Labute approximate surface area is 160 Å². The number of carbonyl (C=O) groups is 1. The molecule has 0 unspecified atom stereocenters. The SMILES string of the molecule is Cc1oc2ncnc(N3CCC(C(=O)NCCN4CCCC4)CC3)c2c1C. The van der Waals surface area contributed by atoms with Gasteiger partial charge in [0.2, 0.25) is 11.6 Å². The van der Waals surface area contributed by atoms with Gasteiger partial charge in [-0.3, -0.25) is 4.79 Å². The number of likely N-dealkylation sites (tertiary alicyclic amines) is 1. The Hall–Kier alpha value is -2.15. The number of rotatable bonds is 5. The van der Waals surface area contributed by atoms with Crippen LogP contribution < -0.4 is 10.2 Å². The number of carbonyl (C=O) groups excluding carboxylic acids is 1. The lowest BCUT2D eigenvalue weighted by molar-refractivity contribution is -0.125. The zero-order chi connectivity index (χ0) is 18.8. The molecule has 27 heavy (non-hydrogen) atoms. The van der Waals surface area contributed by atoms with E-state index >= 15 is 0 Å². The molecular formula is C20H29N5O2. The van der Waals surface area contributed by atoms with Crippen molar-refractivity contribution < 1.29 is 9.21 Å². The van der Waals surface area contributed by atoms with Crippen LogP contribution in [0.3, 0.4) is 0 Å². The Morgan fingerprint density at radius 2 is 1.93 bits per heavy atom. The molecule has 0 atom stereocenters. The Kier molecular flexibility index (Phi) is 5.29. The summed E-state index contributed by atoms with van der Waals surface area (Å²) in [5.74, 6) is 2.13. The summed E-state index contributed by atoms with van der Waals surface area (Å²) in [6.07, 6.45) is 5.86. The van der Waals surface area contributed by atoms with Gasteiger partial charge < -0.3 is 19.5 Å². The van der Waals surface area contributed by atoms with Crippen LogP contribution in [0.5, 0.6) is 0 Å². The summed E-state index contributed by atoms with van der Waals surface area (Å²) in [5, 5.41) is 4.14. The average molecular weight is 371 g/mol. The van der Waals surface area contributed by atoms with E-state index in [2.05, 4.69) is 32.0 Å². The molecule has 0 aromatic carbocycles. The van der Waals surface area contributed by atoms with Gasteiger partial charge in [0.15, 0.2) is 0 Å². The summed E-state index contributed by atoms with van der Waals surface area (Å²) in [5.41, 5.74) is 1.75. The van der Waals surface area contributed by atoms with Crippen molar-refractivity contribution in [1.29, 1.82) is 0 Å². The van der Waals surface area contributed by atoms with Crippen LogP contribution in [0.1, 0.15) is 37.0 Å². The summed E-state index contributed by atoms with van der Waals surface area (Å²) >= 11 is 0. The van der Waals surface area contributed by atoms with Crippen molar-refractivity contribution >= 4 is 22.8 Å². The van der Waals surface area contributed by atoms with Crippen molar-refractivity contribution in [3.05, 3.63) is 17.7 Å². The second-order valence-corrected chi connectivity index (χ2v) is 7.76. The number of anilines is 1. The van der Waals surface area contributed by atoms with Crippen LogP contribution in [0.25, 0.3) is 11.1 Å². The highest BCUT2D eigenvalue weighted by atomic mass is 16.3. The predicted molar refractivity (Wildman–Crippen MR) is 105 cm³/mol. The number of furan rings is 1. The van der Waals surface area contributed by atoms with Crippen molar-refractivity contribution in [2.24, 2.45) is 5.92 Å². The quantitative estimate of drug-likeness (QED) is 0.869. The van der Waals surface area contributed by atoms with E-state index in [4.69, 9.17) is 4.42 Å². The van der Waals surface area contributed by atoms with Crippen LogP contribution in [0, 0.1) is 19.8 Å². The summed E-state index contributed by atoms with van der Waals surface area (Å²) < 4.78 is 5.73. The number of nitrogens with one attached hydrogen (secondary N) is 1. The van der Waals surface area contributed by atoms with E-state index in [1.54, 1.807) is 6.33 Å². The maximum absolute atomic E-state index is 12.5. The molecule has 0 bridgehead atoms. The molecule has 7 nitrogen and oxygen atoms in total. The Morgan fingerprint density at radius 3 is 2.67 bits per heavy atom. The van der Waals surface area contributed by atoms with E-state index in [1.165, 1.54) is 25.9 Å². The van der Waals surface area contributed by atoms with Gasteiger partial charge in [-0.25, -0.2) is 9.97 Å². The van der Waals surface area contributed by atoms with Crippen LogP contribution in [0.15, 0.2) is 10.7 Å². The fourth-order valence-electron chi connectivity index (χ4n) is 4.24. The standard InChI is InChI=1S/C20H29N5O2/c1-14-15(2)27-20-17(14)18(22-13-23-20)25-10-5-16(6-11-25)19(26)21-7-12-24-8-3-4-9-24/h13,16H,3-12H2,1-2H3,(H,21,26). The molecule has 2 aliphatic rings. The van der Waals surface area contributed by atoms with Gasteiger partial charge in [-0.2, -0.15) is 0 Å². The van der Waals surface area contributed by atoms with Gasteiger partial charge in [-0.05, 0) is 52.6 Å². The molecule has 7 heteroatoms. The lowest BCUT2D eigenvalue weighted by Crippen LogP contribution is -2.42. The second kappa shape index (κ2) is 7.84. The van der Waals surface area contributed by atoms with Gasteiger partial charge in [0, 0.05) is 37.7 Å². The lowest BCUT2D eigenvalue weighted by Gasteiger charge is -2.32. The van der Waals surface area contributed by atoms with E-state index < -0.39 is 0 Å². The van der Waals surface area contributed by atoms with Gasteiger partial charge in [-0.1, -0.05) is 0 Å². The third kappa shape index (κ3) is 3.78. The molecule has 2 aliphatic heterocycles. The van der Waals surface area contributed by atoms with Crippen LogP contribution in [0.4, 0.5) is 5.82 Å². The summed E-state index contributed by atoms with van der Waals surface area (Å²) in [6, 6.07) is 0. The van der Waals surface area contributed by atoms with Crippen molar-refractivity contribution in [1.82, 2.24) is 20.2 Å². The highest BCUT2D eigenvalue weighted by Crippen LogP contribution is 2.32. The van der Waals surface area contributed by atoms with E-state index in [1.807, 2.05) is 6.92 Å². The summed E-state index contributed by atoms with van der Waals surface area (Å²) in [4.78, 5) is 26.0. The maximum atomic E-state index is 12.5. The third-order valence-electron chi connectivity index (χ3n) is 6.04. The molecule has 2 fully saturated rings. The van der Waals surface area contributed by atoms with Gasteiger partial charge in [-0.15, -0.1) is 0 Å². The minimum Gasteiger partial charge on any atom is -0.443 e. The molecule has 0 aliphatic carbocycles. The van der Waals surface area contributed by atoms with Gasteiger partial charge in [0.25, 0.3) is 0 Å². The molecule has 2 saturated heterocycles. The fourth-order valence-corrected chi connectivity index (χ4v) is 4.24. The molecule has 2 aromatic heterocycles. The van der Waals surface area contributed by atoms with E-state index in [0.29, 0.717) is 5.71 Å². The van der Waals surface area contributed by atoms with E-state index in [0.717, 1.165) is 61.5 Å². The first-order valence-electron chi connectivity index (χ1n) is 10.1. The molecular weight excluding hydrogens is 342 g/mol.